The van der Waals surface area contributed by atoms with Crippen molar-refractivity contribution in [2.75, 3.05) is 13.1 Å². The zero-order chi connectivity index (χ0) is 23.9. The number of nitrogens with zero attached hydrogens (tertiary/aromatic N) is 5. The summed E-state index contributed by atoms with van der Waals surface area (Å²) in [5.74, 6) is 0.716. The van der Waals surface area contributed by atoms with Gasteiger partial charge in [0.1, 0.15) is 5.52 Å². The minimum atomic E-state index is 0.716. The van der Waals surface area contributed by atoms with E-state index in [0.29, 0.717) is 5.82 Å². The van der Waals surface area contributed by atoms with Crippen LogP contribution in [0.5, 0.6) is 0 Å². The Morgan fingerprint density at radius 1 is 0.917 bits per heavy atom. The molecule has 1 aromatic carbocycles. The summed E-state index contributed by atoms with van der Waals surface area (Å²) in [4.78, 5) is 20.5. The smallest absolute Gasteiger partial charge is 0.161 e. The Labute approximate surface area is 209 Å². The molecular weight excluding hydrogens is 446 g/mol. The number of hydrogen-bond acceptors (Lipinski definition) is 5. The summed E-state index contributed by atoms with van der Waals surface area (Å²) < 4.78 is 0. The minimum Gasteiger partial charge on any atom is -0.336 e. The van der Waals surface area contributed by atoms with Gasteiger partial charge in [-0.2, -0.15) is 5.10 Å². The van der Waals surface area contributed by atoms with Crippen LogP contribution in [0.15, 0.2) is 67.0 Å². The van der Waals surface area contributed by atoms with Crippen LogP contribution in [-0.2, 0) is 6.54 Å². The lowest BCUT2D eigenvalue weighted by atomic mass is 10.1. The highest BCUT2D eigenvalue weighted by Crippen LogP contribution is 2.32. The number of hydrogen-bond donors (Lipinski definition) is 2. The van der Waals surface area contributed by atoms with Crippen LogP contribution in [0.25, 0.3) is 50.4 Å². The third kappa shape index (κ3) is 3.82. The molecule has 5 aromatic rings. The molecule has 0 unspecified atom stereocenters. The maximum atomic E-state index is 5.01. The molecular formula is C29H27N7. The molecule has 0 spiro atoms. The molecule has 1 aliphatic carbocycles. The Hall–Kier alpha value is -4.10. The van der Waals surface area contributed by atoms with E-state index in [4.69, 9.17) is 9.97 Å². The summed E-state index contributed by atoms with van der Waals surface area (Å²) in [7, 11) is 0. The average Bonchev–Trinajstić information content (AvgIpc) is 3.68. The number of imidazole rings is 1. The first-order valence-electron chi connectivity index (χ1n) is 12.7. The van der Waals surface area contributed by atoms with Gasteiger partial charge in [0.05, 0.1) is 22.2 Å². The molecule has 0 bridgehead atoms. The Morgan fingerprint density at radius 3 is 2.75 bits per heavy atom. The lowest BCUT2D eigenvalue weighted by Gasteiger charge is -2.26. The summed E-state index contributed by atoms with van der Waals surface area (Å²) in [6.07, 6.45) is 15.3. The first-order valence-corrected chi connectivity index (χ1v) is 12.7. The van der Waals surface area contributed by atoms with Crippen molar-refractivity contribution in [3.05, 3.63) is 78.1 Å². The second kappa shape index (κ2) is 8.84. The molecule has 1 saturated heterocycles. The number of piperidine rings is 1. The molecule has 0 atom stereocenters. The van der Waals surface area contributed by atoms with Gasteiger partial charge in [0.2, 0.25) is 0 Å². The molecule has 7 nitrogen and oxygen atoms in total. The number of benzene rings is 1. The molecule has 7 rings (SSSR count). The Kier molecular flexibility index (Phi) is 5.21. The largest absolute Gasteiger partial charge is 0.336 e. The van der Waals surface area contributed by atoms with Crippen LogP contribution >= 0.6 is 0 Å². The SMILES string of the molecule is C1=CC(c2cccc3[nH]c(-c4n[nH]c5ccc(-c6cncc(CN7CCCCC7)c6)nc45)nc23)=CC1. The van der Waals surface area contributed by atoms with Crippen LogP contribution in [-0.4, -0.2) is 48.1 Å². The number of likely N-dealkylation sites (tertiary alicyclic amines) is 1. The minimum absolute atomic E-state index is 0.716. The van der Waals surface area contributed by atoms with Gasteiger partial charge in [0, 0.05) is 30.1 Å². The van der Waals surface area contributed by atoms with Crippen molar-refractivity contribution >= 4 is 27.6 Å². The Balaban J connectivity index is 1.25. The number of aromatic amines is 2. The monoisotopic (exact) mass is 473 g/mol. The number of H-pyrrole nitrogens is 2. The molecule has 0 saturated carbocycles. The number of fused-ring (bicyclic) bond motifs is 2. The van der Waals surface area contributed by atoms with Gasteiger partial charge in [0.15, 0.2) is 11.5 Å². The van der Waals surface area contributed by atoms with E-state index in [1.54, 1.807) is 0 Å². The fourth-order valence-electron chi connectivity index (χ4n) is 5.35. The van der Waals surface area contributed by atoms with Crippen molar-refractivity contribution in [1.82, 2.24) is 35.0 Å². The lowest BCUT2D eigenvalue weighted by Crippen LogP contribution is -2.29. The van der Waals surface area contributed by atoms with Crippen LogP contribution in [0.2, 0.25) is 0 Å². The highest BCUT2D eigenvalue weighted by molar-refractivity contribution is 5.96. The highest BCUT2D eigenvalue weighted by Gasteiger charge is 2.18. The number of para-hydroxylation sites is 1. The van der Waals surface area contributed by atoms with Gasteiger partial charge in [-0.3, -0.25) is 15.0 Å². The Morgan fingerprint density at radius 2 is 1.86 bits per heavy atom. The van der Waals surface area contributed by atoms with E-state index in [0.717, 1.165) is 57.5 Å². The maximum absolute atomic E-state index is 5.01. The van der Waals surface area contributed by atoms with Crippen LogP contribution in [0.3, 0.4) is 0 Å². The van der Waals surface area contributed by atoms with E-state index >= 15 is 0 Å². The second-order valence-electron chi connectivity index (χ2n) is 9.67. The summed E-state index contributed by atoms with van der Waals surface area (Å²) in [6.45, 7) is 3.27. The fourth-order valence-corrected chi connectivity index (χ4v) is 5.35. The van der Waals surface area contributed by atoms with Gasteiger partial charge in [-0.1, -0.05) is 36.8 Å². The van der Waals surface area contributed by atoms with E-state index in [9.17, 15) is 0 Å². The summed E-state index contributed by atoms with van der Waals surface area (Å²) in [5, 5.41) is 7.71. The molecule has 1 fully saturated rings. The summed E-state index contributed by atoms with van der Waals surface area (Å²) >= 11 is 0. The first-order chi connectivity index (χ1) is 17.8. The van der Waals surface area contributed by atoms with E-state index in [2.05, 4.69) is 67.6 Å². The first kappa shape index (κ1) is 21.2. The number of rotatable bonds is 5. The summed E-state index contributed by atoms with van der Waals surface area (Å²) in [5.41, 5.74) is 9.82. The molecule has 2 aliphatic rings. The van der Waals surface area contributed by atoms with Gasteiger partial charge < -0.3 is 4.98 Å². The zero-order valence-corrected chi connectivity index (χ0v) is 20.0. The zero-order valence-electron chi connectivity index (χ0n) is 20.0. The van der Waals surface area contributed by atoms with E-state index < -0.39 is 0 Å². The van der Waals surface area contributed by atoms with Crippen molar-refractivity contribution in [2.24, 2.45) is 0 Å². The highest BCUT2D eigenvalue weighted by atomic mass is 15.2. The molecule has 1 aliphatic heterocycles. The predicted molar refractivity (Wildman–Crippen MR) is 143 cm³/mol. The Bertz CT molecular complexity index is 1630. The molecule has 7 heteroatoms. The number of nitrogens with one attached hydrogen (secondary N) is 2. The van der Waals surface area contributed by atoms with Gasteiger partial charge in [-0.15, -0.1) is 0 Å². The predicted octanol–water partition coefficient (Wildman–Crippen LogP) is 5.89. The van der Waals surface area contributed by atoms with Crippen LogP contribution in [0.4, 0.5) is 0 Å². The van der Waals surface area contributed by atoms with E-state index in [-0.39, 0.29) is 0 Å². The van der Waals surface area contributed by atoms with Crippen LogP contribution in [0, 0.1) is 0 Å². The third-order valence-corrected chi connectivity index (χ3v) is 7.17. The van der Waals surface area contributed by atoms with Crippen molar-refractivity contribution in [2.45, 2.75) is 32.2 Å². The van der Waals surface area contributed by atoms with Crippen molar-refractivity contribution in [3.8, 4) is 22.8 Å². The van der Waals surface area contributed by atoms with Crippen molar-refractivity contribution < 1.29 is 0 Å². The van der Waals surface area contributed by atoms with Gasteiger partial charge >= 0.3 is 0 Å². The van der Waals surface area contributed by atoms with Crippen LogP contribution < -0.4 is 0 Å². The van der Waals surface area contributed by atoms with E-state index in [1.165, 1.54) is 43.5 Å². The normalized spacial score (nSPS) is 16.3. The molecule has 0 radical (unpaired) electrons. The molecule has 5 heterocycles. The number of pyridine rings is 2. The van der Waals surface area contributed by atoms with E-state index in [1.807, 2.05) is 24.5 Å². The van der Waals surface area contributed by atoms with Gasteiger partial charge in [0.25, 0.3) is 0 Å². The van der Waals surface area contributed by atoms with Gasteiger partial charge in [-0.25, -0.2) is 9.97 Å². The lowest BCUT2D eigenvalue weighted by molar-refractivity contribution is 0.220. The average molecular weight is 474 g/mol. The van der Waals surface area contributed by atoms with Crippen LogP contribution in [0.1, 0.15) is 36.8 Å². The molecule has 4 aromatic heterocycles. The molecule has 178 valence electrons. The van der Waals surface area contributed by atoms with Crippen molar-refractivity contribution in [3.63, 3.8) is 0 Å². The van der Waals surface area contributed by atoms with Gasteiger partial charge in [-0.05, 0) is 67.8 Å². The standard InChI is InChI=1S/C29H27N7/c1-4-13-36(14-5-1)18-19-15-21(17-30-16-19)23-11-12-25-27(31-23)28(35-34-25)29-32-24-10-6-9-22(26(24)33-29)20-7-2-3-8-20/h2,6-12,15-17H,1,3-5,13-14,18H2,(H,32,33)(H,34,35). The summed E-state index contributed by atoms with van der Waals surface area (Å²) in [6, 6.07) is 12.5. The molecule has 0 amide bonds. The molecule has 36 heavy (non-hydrogen) atoms. The fraction of sp³-hybridized carbons (Fsp3) is 0.241. The van der Waals surface area contributed by atoms with Crippen molar-refractivity contribution in [1.29, 1.82) is 0 Å². The maximum Gasteiger partial charge on any atom is 0.161 e. The number of aromatic nitrogens is 6. The number of allylic oxidation sites excluding steroid dienone is 4. The second-order valence-corrected chi connectivity index (χ2v) is 9.67. The molecule has 2 N–H and O–H groups in total. The third-order valence-electron chi connectivity index (χ3n) is 7.17. The quantitative estimate of drug-likeness (QED) is 0.332. The topological polar surface area (TPSA) is 86.4 Å².